The van der Waals surface area contributed by atoms with Crippen molar-refractivity contribution in [3.63, 3.8) is 0 Å². The van der Waals surface area contributed by atoms with Crippen molar-refractivity contribution < 1.29 is 18.7 Å². The molecule has 1 aliphatic carbocycles. The Bertz CT molecular complexity index is 685. The van der Waals surface area contributed by atoms with E-state index in [1.807, 2.05) is 6.92 Å². The van der Waals surface area contributed by atoms with Crippen LogP contribution in [0.2, 0.25) is 0 Å². The van der Waals surface area contributed by atoms with Crippen molar-refractivity contribution in [3.05, 3.63) is 35.6 Å². The topological polar surface area (TPSA) is 82.7 Å². The van der Waals surface area contributed by atoms with Gasteiger partial charge in [-0.3, -0.25) is 10.2 Å². The smallest absolute Gasteiger partial charge is 0.409 e. The van der Waals surface area contributed by atoms with Gasteiger partial charge < -0.3 is 15.0 Å². The number of nitrogens with zero attached hydrogens (tertiary/aromatic N) is 1. The Morgan fingerprint density at radius 2 is 1.96 bits per heavy atom. The average Bonchev–Trinajstić information content (AvgIpc) is 3.32. The van der Waals surface area contributed by atoms with Crippen LogP contribution in [0.15, 0.2) is 24.3 Å². The molecule has 1 heterocycles. The van der Waals surface area contributed by atoms with Crippen LogP contribution >= 0.6 is 0 Å². The quantitative estimate of drug-likeness (QED) is 0.689. The number of carbonyl (C=O) groups is 2. The number of halogens is 1. The average molecular weight is 392 g/mol. The van der Waals surface area contributed by atoms with Crippen molar-refractivity contribution in [2.75, 3.05) is 13.6 Å². The largest absolute Gasteiger partial charge is 0.446 e. The minimum absolute atomic E-state index is 0.0413. The van der Waals surface area contributed by atoms with Gasteiger partial charge in [-0.05, 0) is 56.2 Å². The van der Waals surface area contributed by atoms with Crippen molar-refractivity contribution in [1.82, 2.24) is 21.1 Å². The second-order valence-electron chi connectivity index (χ2n) is 7.65. The first-order valence-electron chi connectivity index (χ1n) is 9.91. The fourth-order valence-corrected chi connectivity index (χ4v) is 3.83. The zero-order chi connectivity index (χ0) is 20.1. The van der Waals surface area contributed by atoms with Crippen molar-refractivity contribution in [2.45, 2.75) is 57.3 Å². The summed E-state index contributed by atoms with van der Waals surface area (Å²) in [4.78, 5) is 25.7. The van der Waals surface area contributed by atoms with E-state index in [-0.39, 0.29) is 42.6 Å². The molecule has 28 heavy (non-hydrogen) atoms. The van der Waals surface area contributed by atoms with Gasteiger partial charge in [0.05, 0.1) is 12.6 Å². The lowest BCUT2D eigenvalue weighted by Gasteiger charge is -2.20. The van der Waals surface area contributed by atoms with Crippen LogP contribution in [0.4, 0.5) is 9.18 Å². The first kappa shape index (κ1) is 20.5. The van der Waals surface area contributed by atoms with Gasteiger partial charge in [0, 0.05) is 19.6 Å². The molecule has 1 aromatic rings. The molecule has 2 aliphatic rings. The minimum atomic E-state index is -0.310. The van der Waals surface area contributed by atoms with E-state index < -0.39 is 0 Å². The summed E-state index contributed by atoms with van der Waals surface area (Å²) in [6.45, 7) is 2.54. The summed E-state index contributed by atoms with van der Waals surface area (Å²) < 4.78 is 18.5. The third-order valence-electron chi connectivity index (χ3n) is 5.59. The Morgan fingerprint density at radius 3 is 2.68 bits per heavy atom. The first-order chi connectivity index (χ1) is 13.4. The number of amides is 2. The van der Waals surface area contributed by atoms with Crippen LogP contribution in [0.1, 0.15) is 38.2 Å². The molecule has 8 heteroatoms. The highest BCUT2D eigenvalue weighted by atomic mass is 19.1. The summed E-state index contributed by atoms with van der Waals surface area (Å²) in [5, 5.41) is 2.96. The number of carbonyl (C=O) groups excluding carboxylic acids is 2. The second-order valence-corrected chi connectivity index (χ2v) is 7.65. The molecule has 1 aliphatic heterocycles. The highest BCUT2D eigenvalue weighted by Gasteiger charge is 2.37. The van der Waals surface area contributed by atoms with Crippen molar-refractivity contribution in [1.29, 1.82) is 0 Å². The molecule has 1 saturated carbocycles. The van der Waals surface area contributed by atoms with Gasteiger partial charge in [-0.2, -0.15) is 0 Å². The van der Waals surface area contributed by atoms with Gasteiger partial charge in [0.2, 0.25) is 5.91 Å². The third-order valence-corrected chi connectivity index (χ3v) is 5.59. The van der Waals surface area contributed by atoms with Gasteiger partial charge >= 0.3 is 6.09 Å². The van der Waals surface area contributed by atoms with Crippen LogP contribution in [0.3, 0.4) is 0 Å². The molecule has 3 N–H and O–H groups in total. The molecule has 0 bridgehead atoms. The predicted octanol–water partition coefficient (Wildman–Crippen LogP) is 1.93. The lowest BCUT2D eigenvalue weighted by molar-refractivity contribution is -0.121. The minimum Gasteiger partial charge on any atom is -0.446 e. The number of rotatable bonds is 6. The Hall–Kier alpha value is -2.19. The fourth-order valence-electron chi connectivity index (χ4n) is 3.83. The van der Waals surface area contributed by atoms with E-state index in [9.17, 15) is 14.0 Å². The standard InChI is InChI=1S/C20H29FN4O3/c1-3-25(2)20(27)28-16-9-6-14(11-16)17-12-18(24-23-17)22-19(26)10-13-4-7-15(21)8-5-13/h4-5,7-8,14,16-18,23-24H,3,6,9-12H2,1-2H3,(H,22,26)/t14-,16+,17?,18?/m0/s1. The SMILES string of the molecule is CCN(C)C(=O)O[C@@H]1CC[C@H](C2CC(NC(=O)Cc3ccc(F)cc3)NN2)C1. The van der Waals surface area contributed by atoms with Gasteiger partial charge in [0.1, 0.15) is 11.9 Å². The molecular weight excluding hydrogens is 363 g/mol. The summed E-state index contributed by atoms with van der Waals surface area (Å²) in [6.07, 6.45) is 3.23. The van der Waals surface area contributed by atoms with E-state index in [1.165, 1.54) is 12.1 Å². The maximum Gasteiger partial charge on any atom is 0.409 e. The summed E-state index contributed by atoms with van der Waals surface area (Å²) >= 11 is 0. The summed E-state index contributed by atoms with van der Waals surface area (Å²) in [5.41, 5.74) is 7.18. The van der Waals surface area contributed by atoms with Crippen LogP contribution in [-0.2, 0) is 16.0 Å². The van der Waals surface area contributed by atoms with Crippen molar-refractivity contribution in [2.24, 2.45) is 5.92 Å². The maximum atomic E-state index is 12.9. The van der Waals surface area contributed by atoms with Gasteiger partial charge in [-0.15, -0.1) is 0 Å². The molecule has 2 unspecified atom stereocenters. The van der Waals surface area contributed by atoms with Crippen LogP contribution < -0.4 is 16.2 Å². The van der Waals surface area contributed by atoms with Gasteiger partial charge in [-0.1, -0.05) is 12.1 Å². The van der Waals surface area contributed by atoms with Gasteiger partial charge in [0.15, 0.2) is 0 Å². The first-order valence-corrected chi connectivity index (χ1v) is 9.91. The molecule has 154 valence electrons. The number of benzene rings is 1. The zero-order valence-electron chi connectivity index (χ0n) is 16.4. The molecule has 0 aromatic heterocycles. The van der Waals surface area contributed by atoms with Crippen LogP contribution in [0, 0.1) is 11.7 Å². The molecule has 1 aromatic carbocycles. The van der Waals surface area contributed by atoms with E-state index in [0.717, 1.165) is 31.2 Å². The Labute approximate surface area is 165 Å². The number of ether oxygens (including phenoxy) is 1. The number of nitrogens with one attached hydrogen (secondary N) is 3. The predicted molar refractivity (Wildman–Crippen MR) is 103 cm³/mol. The molecule has 2 fully saturated rings. The molecule has 7 nitrogen and oxygen atoms in total. The van der Waals surface area contributed by atoms with Crippen LogP contribution in [0.25, 0.3) is 0 Å². The zero-order valence-corrected chi connectivity index (χ0v) is 16.4. The number of hydrogen-bond donors (Lipinski definition) is 3. The highest BCUT2D eigenvalue weighted by molar-refractivity contribution is 5.78. The van der Waals surface area contributed by atoms with Crippen LogP contribution in [-0.4, -0.2) is 48.8 Å². The highest BCUT2D eigenvalue weighted by Crippen LogP contribution is 2.33. The number of hydrazine groups is 1. The van der Waals surface area contributed by atoms with Crippen molar-refractivity contribution >= 4 is 12.0 Å². The summed E-state index contributed by atoms with van der Waals surface area (Å²) in [5.74, 6) is -0.0147. The van der Waals surface area contributed by atoms with E-state index in [2.05, 4.69) is 16.2 Å². The molecule has 3 rings (SSSR count). The van der Waals surface area contributed by atoms with E-state index >= 15 is 0 Å². The van der Waals surface area contributed by atoms with E-state index in [4.69, 9.17) is 4.74 Å². The second kappa shape index (κ2) is 9.34. The molecule has 1 saturated heterocycles. The fraction of sp³-hybridized carbons (Fsp3) is 0.600. The summed E-state index contributed by atoms with van der Waals surface area (Å²) in [7, 11) is 1.73. The lowest BCUT2D eigenvalue weighted by atomic mass is 9.96. The molecular formula is C20H29FN4O3. The van der Waals surface area contributed by atoms with E-state index in [0.29, 0.717) is 12.5 Å². The van der Waals surface area contributed by atoms with Gasteiger partial charge in [-0.25, -0.2) is 14.6 Å². The normalized spacial score (nSPS) is 26.8. The molecule has 0 spiro atoms. The van der Waals surface area contributed by atoms with Crippen LogP contribution in [0.5, 0.6) is 0 Å². The Kier molecular flexibility index (Phi) is 6.85. The van der Waals surface area contributed by atoms with E-state index in [1.54, 1.807) is 24.1 Å². The maximum absolute atomic E-state index is 12.9. The molecule has 4 atom stereocenters. The monoisotopic (exact) mass is 392 g/mol. The van der Waals surface area contributed by atoms with Gasteiger partial charge in [0.25, 0.3) is 0 Å². The third kappa shape index (κ3) is 5.42. The van der Waals surface area contributed by atoms with Crippen molar-refractivity contribution in [3.8, 4) is 0 Å². The Morgan fingerprint density at radius 1 is 1.21 bits per heavy atom. The lowest BCUT2D eigenvalue weighted by Crippen LogP contribution is -2.45. The summed E-state index contributed by atoms with van der Waals surface area (Å²) in [6, 6.07) is 6.18. The molecule has 2 amide bonds. The Balaban J connectivity index is 1.41. The number of hydrogen-bond acceptors (Lipinski definition) is 5. The molecule has 0 radical (unpaired) electrons.